The number of hydrogen-bond donors (Lipinski definition) is 2. The van der Waals surface area contributed by atoms with Crippen molar-refractivity contribution >= 4 is 17.4 Å². The lowest BCUT2D eigenvalue weighted by molar-refractivity contribution is 0.204. The molecular formula is C14H14FNOS. The van der Waals surface area contributed by atoms with Crippen molar-refractivity contribution in [1.29, 1.82) is 0 Å². The van der Waals surface area contributed by atoms with Crippen molar-refractivity contribution in [2.75, 3.05) is 11.5 Å². The van der Waals surface area contributed by atoms with E-state index in [1.54, 1.807) is 36.4 Å². The number of halogens is 1. The van der Waals surface area contributed by atoms with Crippen LogP contribution in [0, 0.1) is 5.82 Å². The first-order chi connectivity index (χ1) is 8.66. The Morgan fingerprint density at radius 3 is 2.67 bits per heavy atom. The predicted octanol–water partition coefficient (Wildman–Crippen LogP) is 3.23. The maximum atomic E-state index is 13.4. The molecule has 0 aliphatic heterocycles. The highest BCUT2D eigenvalue weighted by molar-refractivity contribution is 7.99. The molecule has 2 aromatic rings. The first kappa shape index (κ1) is 12.9. The van der Waals surface area contributed by atoms with E-state index in [2.05, 4.69) is 0 Å². The van der Waals surface area contributed by atoms with Gasteiger partial charge in [0.25, 0.3) is 0 Å². The van der Waals surface area contributed by atoms with Crippen molar-refractivity contribution in [3.05, 3.63) is 59.9 Å². The Morgan fingerprint density at radius 2 is 1.94 bits per heavy atom. The van der Waals surface area contributed by atoms with Crippen molar-refractivity contribution in [2.45, 2.75) is 11.0 Å². The molecule has 1 atom stereocenters. The summed E-state index contributed by atoms with van der Waals surface area (Å²) >= 11 is 1.29. The minimum Gasteiger partial charge on any atom is -0.399 e. The zero-order valence-corrected chi connectivity index (χ0v) is 10.5. The summed E-state index contributed by atoms with van der Waals surface area (Å²) in [4.78, 5) is 0.542. The van der Waals surface area contributed by atoms with E-state index in [1.165, 1.54) is 17.8 Å². The maximum absolute atomic E-state index is 13.4. The lowest BCUT2D eigenvalue weighted by Crippen LogP contribution is -2.01. The van der Waals surface area contributed by atoms with Gasteiger partial charge >= 0.3 is 0 Å². The fraction of sp³-hybridized carbons (Fsp3) is 0.143. The van der Waals surface area contributed by atoms with Gasteiger partial charge in [0.1, 0.15) is 5.82 Å². The third-order valence-electron chi connectivity index (χ3n) is 2.53. The SMILES string of the molecule is Nc1cccc(C(O)CSc2ccccc2F)c1. The molecular weight excluding hydrogens is 249 g/mol. The molecule has 1 unspecified atom stereocenters. The molecule has 0 spiro atoms. The van der Waals surface area contributed by atoms with E-state index in [1.807, 2.05) is 6.07 Å². The largest absolute Gasteiger partial charge is 0.399 e. The van der Waals surface area contributed by atoms with Gasteiger partial charge in [-0.2, -0.15) is 0 Å². The standard InChI is InChI=1S/C14H14FNOS/c15-12-6-1-2-7-14(12)18-9-13(17)10-4-3-5-11(16)8-10/h1-8,13,17H,9,16H2. The normalized spacial score (nSPS) is 12.3. The third kappa shape index (κ3) is 3.24. The quantitative estimate of drug-likeness (QED) is 0.657. The number of rotatable bonds is 4. The van der Waals surface area contributed by atoms with Crippen molar-refractivity contribution in [3.8, 4) is 0 Å². The first-order valence-corrected chi connectivity index (χ1v) is 6.56. The summed E-state index contributed by atoms with van der Waals surface area (Å²) in [6, 6.07) is 13.6. The zero-order valence-electron chi connectivity index (χ0n) is 9.71. The fourth-order valence-electron chi connectivity index (χ4n) is 1.59. The number of nitrogens with two attached hydrogens (primary N) is 1. The maximum Gasteiger partial charge on any atom is 0.136 e. The van der Waals surface area contributed by atoms with Gasteiger partial charge in [0.05, 0.1) is 6.10 Å². The van der Waals surface area contributed by atoms with E-state index in [-0.39, 0.29) is 5.82 Å². The number of thioether (sulfide) groups is 1. The zero-order chi connectivity index (χ0) is 13.0. The molecule has 2 rings (SSSR count). The predicted molar refractivity (Wildman–Crippen MR) is 72.9 cm³/mol. The van der Waals surface area contributed by atoms with Gasteiger partial charge in [-0.05, 0) is 29.8 Å². The molecule has 0 heterocycles. The van der Waals surface area contributed by atoms with Crippen LogP contribution >= 0.6 is 11.8 Å². The van der Waals surface area contributed by atoms with Crippen molar-refractivity contribution in [3.63, 3.8) is 0 Å². The molecule has 0 saturated carbocycles. The molecule has 0 aliphatic carbocycles. The first-order valence-electron chi connectivity index (χ1n) is 5.57. The lowest BCUT2D eigenvalue weighted by Gasteiger charge is -2.11. The molecule has 0 amide bonds. The van der Waals surface area contributed by atoms with Gasteiger partial charge in [-0.25, -0.2) is 4.39 Å². The van der Waals surface area contributed by atoms with Gasteiger partial charge in [0, 0.05) is 16.3 Å². The molecule has 0 fully saturated rings. The van der Waals surface area contributed by atoms with E-state index in [9.17, 15) is 9.50 Å². The average molecular weight is 263 g/mol. The van der Waals surface area contributed by atoms with Crippen molar-refractivity contribution in [1.82, 2.24) is 0 Å². The van der Waals surface area contributed by atoms with E-state index >= 15 is 0 Å². The number of aliphatic hydroxyl groups is 1. The molecule has 18 heavy (non-hydrogen) atoms. The van der Waals surface area contributed by atoms with Crippen LogP contribution in [0.3, 0.4) is 0 Å². The molecule has 3 N–H and O–H groups in total. The number of aliphatic hydroxyl groups excluding tert-OH is 1. The summed E-state index contributed by atoms with van der Waals surface area (Å²) in [5.41, 5.74) is 7.01. The van der Waals surface area contributed by atoms with Gasteiger partial charge in [0.15, 0.2) is 0 Å². The molecule has 0 radical (unpaired) electrons. The van der Waals surface area contributed by atoms with Crippen LogP contribution < -0.4 is 5.73 Å². The van der Waals surface area contributed by atoms with Crippen LogP contribution in [0.5, 0.6) is 0 Å². The highest BCUT2D eigenvalue weighted by atomic mass is 32.2. The van der Waals surface area contributed by atoms with Gasteiger partial charge < -0.3 is 10.8 Å². The second-order valence-electron chi connectivity index (χ2n) is 3.93. The summed E-state index contributed by atoms with van der Waals surface area (Å²) in [7, 11) is 0. The van der Waals surface area contributed by atoms with Gasteiger partial charge in [0.2, 0.25) is 0 Å². The van der Waals surface area contributed by atoms with Crippen LogP contribution in [-0.2, 0) is 0 Å². The Balaban J connectivity index is 2.00. The Morgan fingerprint density at radius 1 is 1.17 bits per heavy atom. The van der Waals surface area contributed by atoms with Crippen molar-refractivity contribution in [2.24, 2.45) is 0 Å². The Kier molecular flexibility index (Phi) is 4.23. The lowest BCUT2D eigenvalue weighted by atomic mass is 10.1. The number of nitrogen functional groups attached to an aromatic ring is 1. The van der Waals surface area contributed by atoms with Crippen LogP contribution in [0.15, 0.2) is 53.4 Å². The molecule has 94 valence electrons. The van der Waals surface area contributed by atoms with Crippen LogP contribution in [-0.4, -0.2) is 10.9 Å². The van der Waals surface area contributed by atoms with Gasteiger partial charge in [-0.15, -0.1) is 11.8 Å². The topological polar surface area (TPSA) is 46.2 Å². The van der Waals surface area contributed by atoms with Gasteiger partial charge in [-0.3, -0.25) is 0 Å². The van der Waals surface area contributed by atoms with Crippen LogP contribution in [0.25, 0.3) is 0 Å². The second kappa shape index (κ2) is 5.89. The molecule has 0 aromatic heterocycles. The van der Waals surface area contributed by atoms with Crippen LogP contribution in [0.2, 0.25) is 0 Å². The van der Waals surface area contributed by atoms with E-state index in [4.69, 9.17) is 5.73 Å². The Labute approximate surface area is 110 Å². The molecule has 4 heteroatoms. The average Bonchev–Trinajstić information content (AvgIpc) is 2.37. The smallest absolute Gasteiger partial charge is 0.136 e. The molecule has 2 nitrogen and oxygen atoms in total. The summed E-state index contributed by atoms with van der Waals surface area (Å²) in [5, 5.41) is 10.00. The summed E-state index contributed by atoms with van der Waals surface area (Å²) < 4.78 is 13.4. The summed E-state index contributed by atoms with van der Waals surface area (Å²) in [5.74, 6) is 0.131. The highest BCUT2D eigenvalue weighted by Gasteiger charge is 2.10. The molecule has 0 saturated heterocycles. The Bertz CT molecular complexity index is 533. The number of anilines is 1. The third-order valence-corrected chi connectivity index (χ3v) is 3.65. The van der Waals surface area contributed by atoms with E-state index < -0.39 is 6.10 Å². The highest BCUT2D eigenvalue weighted by Crippen LogP contribution is 2.27. The fourth-order valence-corrected chi connectivity index (χ4v) is 2.50. The monoisotopic (exact) mass is 263 g/mol. The van der Waals surface area contributed by atoms with E-state index in [0.29, 0.717) is 16.3 Å². The summed E-state index contributed by atoms with van der Waals surface area (Å²) in [6.07, 6.45) is -0.655. The summed E-state index contributed by atoms with van der Waals surface area (Å²) in [6.45, 7) is 0. The molecule has 0 bridgehead atoms. The molecule has 2 aromatic carbocycles. The van der Waals surface area contributed by atoms with Gasteiger partial charge in [-0.1, -0.05) is 24.3 Å². The Hall–Kier alpha value is -1.52. The van der Waals surface area contributed by atoms with E-state index in [0.717, 1.165) is 5.56 Å². The number of benzene rings is 2. The molecule has 0 aliphatic rings. The van der Waals surface area contributed by atoms with Crippen LogP contribution in [0.1, 0.15) is 11.7 Å². The van der Waals surface area contributed by atoms with Crippen molar-refractivity contribution < 1.29 is 9.50 Å². The number of hydrogen-bond acceptors (Lipinski definition) is 3. The minimum absolute atomic E-state index is 0.262. The second-order valence-corrected chi connectivity index (χ2v) is 4.99. The van der Waals surface area contributed by atoms with Crippen LogP contribution in [0.4, 0.5) is 10.1 Å². The minimum atomic E-state index is -0.655.